The topological polar surface area (TPSA) is 57.3 Å². The molecule has 3 aromatic rings. The lowest BCUT2D eigenvalue weighted by molar-refractivity contribution is 0.0857. The molecule has 2 aromatic heterocycles. The number of H-pyrrole nitrogens is 1. The quantitative estimate of drug-likeness (QED) is 0.680. The molecule has 0 aliphatic carbocycles. The van der Waals surface area contributed by atoms with Crippen LogP contribution in [0, 0.1) is 6.92 Å². The normalized spacial score (nSPS) is 19.0. The number of aryl methyl sites for hydroxylation is 1. The molecule has 4 heterocycles. The molecule has 1 aromatic carbocycles. The average molecular weight is 426 g/mol. The predicted octanol–water partition coefficient (Wildman–Crippen LogP) is 4.23. The molecule has 2 fully saturated rings. The molecule has 0 radical (unpaired) electrons. The van der Waals surface area contributed by atoms with Gasteiger partial charge in [-0.1, -0.05) is 29.8 Å². The maximum absolute atomic E-state index is 6.64. The van der Waals surface area contributed by atoms with Crippen LogP contribution < -0.4 is 4.90 Å². The van der Waals surface area contributed by atoms with Gasteiger partial charge in [-0.05, 0) is 38.8 Å². The van der Waals surface area contributed by atoms with Crippen molar-refractivity contribution in [1.82, 2.24) is 19.9 Å². The molecule has 2 aliphatic heterocycles. The summed E-state index contributed by atoms with van der Waals surface area (Å²) in [5.41, 5.74) is 5.44. The first-order valence-corrected chi connectivity index (χ1v) is 11.2. The Morgan fingerprint density at radius 2 is 1.80 bits per heavy atom. The number of ether oxygens (including phenoxy) is 1. The summed E-state index contributed by atoms with van der Waals surface area (Å²) in [6.45, 7) is 7.58. The van der Waals surface area contributed by atoms with Gasteiger partial charge in [0.15, 0.2) is 5.82 Å². The summed E-state index contributed by atoms with van der Waals surface area (Å²) in [5, 5.41) is 0.753. The highest BCUT2D eigenvalue weighted by atomic mass is 35.5. The fourth-order valence-electron chi connectivity index (χ4n) is 4.69. The minimum absolute atomic E-state index is 0.397. The van der Waals surface area contributed by atoms with Gasteiger partial charge in [-0.3, -0.25) is 0 Å². The highest BCUT2D eigenvalue weighted by Crippen LogP contribution is 2.42. The lowest BCUT2D eigenvalue weighted by atomic mass is 9.89. The molecule has 158 valence electrons. The predicted molar refractivity (Wildman–Crippen MR) is 122 cm³/mol. The van der Waals surface area contributed by atoms with Crippen LogP contribution in [0.1, 0.15) is 30.1 Å². The molecule has 0 saturated carbocycles. The maximum Gasteiger partial charge on any atom is 0.156 e. The number of piperazine rings is 1. The number of hydrogen-bond donors (Lipinski definition) is 1. The first-order valence-electron chi connectivity index (χ1n) is 10.8. The van der Waals surface area contributed by atoms with Crippen molar-refractivity contribution >= 4 is 28.5 Å². The largest absolute Gasteiger partial charge is 0.381 e. The van der Waals surface area contributed by atoms with Crippen molar-refractivity contribution in [2.75, 3.05) is 51.3 Å². The Morgan fingerprint density at radius 3 is 2.53 bits per heavy atom. The van der Waals surface area contributed by atoms with Crippen LogP contribution in [0.2, 0.25) is 5.02 Å². The van der Waals surface area contributed by atoms with Crippen molar-refractivity contribution < 1.29 is 4.74 Å². The molecule has 5 rings (SSSR count). The fourth-order valence-corrected chi connectivity index (χ4v) is 4.92. The van der Waals surface area contributed by atoms with Gasteiger partial charge in [0, 0.05) is 55.5 Å². The van der Waals surface area contributed by atoms with Crippen molar-refractivity contribution in [1.29, 1.82) is 0 Å². The highest BCUT2D eigenvalue weighted by molar-refractivity contribution is 6.33. The zero-order chi connectivity index (χ0) is 20.7. The Morgan fingerprint density at radius 1 is 1.07 bits per heavy atom. The van der Waals surface area contributed by atoms with Crippen molar-refractivity contribution in [3.63, 3.8) is 0 Å². The first-order chi connectivity index (χ1) is 14.6. The Bertz CT molecular complexity index is 1050. The fraction of sp³-hybridized carbons (Fsp3) is 0.478. The van der Waals surface area contributed by atoms with Crippen molar-refractivity contribution in [2.24, 2.45) is 0 Å². The summed E-state index contributed by atoms with van der Waals surface area (Å²) < 4.78 is 5.65. The van der Waals surface area contributed by atoms with E-state index in [1.165, 1.54) is 5.56 Å². The number of nitrogens with one attached hydrogen (secondary N) is 1. The molecule has 0 amide bonds. The number of anilines is 1. The molecule has 1 N–H and O–H groups in total. The van der Waals surface area contributed by atoms with E-state index in [0.29, 0.717) is 5.92 Å². The summed E-state index contributed by atoms with van der Waals surface area (Å²) in [6, 6.07) is 8.06. The van der Waals surface area contributed by atoms with E-state index in [4.69, 9.17) is 26.3 Å². The molecular weight excluding hydrogens is 398 g/mol. The van der Waals surface area contributed by atoms with E-state index >= 15 is 0 Å². The minimum atomic E-state index is 0.397. The molecule has 0 spiro atoms. The molecular formula is C23H28ClN5O. The lowest BCUT2D eigenvalue weighted by Crippen LogP contribution is -2.45. The number of hydrogen-bond acceptors (Lipinski definition) is 5. The van der Waals surface area contributed by atoms with Crippen LogP contribution in [0.25, 0.3) is 22.3 Å². The summed E-state index contributed by atoms with van der Waals surface area (Å²) >= 11 is 6.64. The van der Waals surface area contributed by atoms with E-state index in [2.05, 4.69) is 27.9 Å². The van der Waals surface area contributed by atoms with Gasteiger partial charge >= 0.3 is 0 Å². The number of halogens is 1. The van der Waals surface area contributed by atoms with Crippen LogP contribution in [0.3, 0.4) is 0 Å². The van der Waals surface area contributed by atoms with Gasteiger partial charge in [-0.2, -0.15) is 0 Å². The van der Waals surface area contributed by atoms with Gasteiger partial charge < -0.3 is 19.5 Å². The van der Waals surface area contributed by atoms with Crippen LogP contribution in [0.5, 0.6) is 0 Å². The van der Waals surface area contributed by atoms with E-state index in [1.54, 1.807) is 0 Å². The molecule has 2 saturated heterocycles. The van der Waals surface area contributed by atoms with Gasteiger partial charge in [0.25, 0.3) is 0 Å². The maximum atomic E-state index is 6.64. The van der Waals surface area contributed by atoms with Gasteiger partial charge in [0.05, 0.1) is 11.2 Å². The number of benzene rings is 1. The number of fused-ring (bicyclic) bond motifs is 1. The molecule has 0 bridgehead atoms. The van der Waals surface area contributed by atoms with E-state index in [-0.39, 0.29) is 0 Å². The minimum Gasteiger partial charge on any atom is -0.381 e. The summed E-state index contributed by atoms with van der Waals surface area (Å²) in [6.07, 6.45) is 1.99. The third kappa shape index (κ3) is 3.57. The molecule has 0 atom stereocenters. The second-order valence-corrected chi connectivity index (χ2v) is 8.80. The van der Waals surface area contributed by atoms with Gasteiger partial charge in [0.1, 0.15) is 11.3 Å². The Labute approximate surface area is 182 Å². The van der Waals surface area contributed by atoms with Crippen LogP contribution in [-0.4, -0.2) is 66.3 Å². The van der Waals surface area contributed by atoms with Crippen LogP contribution in [0.15, 0.2) is 24.3 Å². The number of rotatable bonds is 3. The number of likely N-dealkylation sites (N-methyl/N-ethyl adjacent to an activating group) is 1. The number of aromatic nitrogens is 3. The van der Waals surface area contributed by atoms with Crippen molar-refractivity contribution in [3.05, 3.63) is 40.7 Å². The van der Waals surface area contributed by atoms with Gasteiger partial charge in [-0.15, -0.1) is 0 Å². The second-order valence-electron chi connectivity index (χ2n) is 8.39. The standard InChI is InChI=1S/C23H28ClN5O/c1-15-25-21-19(16-7-13-30-14-8-16)20(17-5-3-4-6-18(17)24)27-22(21)23(26-15)29-11-9-28(2)10-12-29/h3-6,16,27H,7-14H2,1-2H3. The van der Waals surface area contributed by atoms with Gasteiger partial charge in [-0.25, -0.2) is 9.97 Å². The zero-order valence-corrected chi connectivity index (χ0v) is 18.4. The molecule has 30 heavy (non-hydrogen) atoms. The third-order valence-electron chi connectivity index (χ3n) is 6.35. The Balaban J connectivity index is 1.72. The van der Waals surface area contributed by atoms with E-state index < -0.39 is 0 Å². The second kappa shape index (κ2) is 8.17. The smallest absolute Gasteiger partial charge is 0.156 e. The Kier molecular flexibility index (Phi) is 5.39. The average Bonchev–Trinajstić information content (AvgIpc) is 3.13. The Hall–Kier alpha value is -2.15. The molecule has 2 aliphatic rings. The number of aromatic amines is 1. The third-order valence-corrected chi connectivity index (χ3v) is 6.68. The highest BCUT2D eigenvalue weighted by Gasteiger charge is 2.29. The lowest BCUT2D eigenvalue weighted by Gasteiger charge is -2.33. The molecule has 6 nitrogen and oxygen atoms in total. The van der Waals surface area contributed by atoms with Crippen molar-refractivity contribution in [2.45, 2.75) is 25.7 Å². The van der Waals surface area contributed by atoms with Crippen LogP contribution in [0.4, 0.5) is 5.82 Å². The number of nitrogens with zero attached hydrogens (tertiary/aromatic N) is 4. The van der Waals surface area contributed by atoms with Crippen molar-refractivity contribution in [3.8, 4) is 11.3 Å². The zero-order valence-electron chi connectivity index (χ0n) is 17.6. The summed E-state index contributed by atoms with van der Waals surface area (Å²) in [4.78, 5) is 18.3. The van der Waals surface area contributed by atoms with Gasteiger partial charge in [0.2, 0.25) is 0 Å². The van der Waals surface area contributed by atoms with Crippen LogP contribution >= 0.6 is 11.6 Å². The van der Waals surface area contributed by atoms with Crippen LogP contribution in [-0.2, 0) is 4.74 Å². The SMILES string of the molecule is Cc1nc(N2CCN(C)CC2)c2[nH]c(-c3ccccc3Cl)c(C3CCOCC3)c2n1. The molecule has 0 unspecified atom stereocenters. The van der Waals surface area contributed by atoms with E-state index in [1.807, 2.05) is 25.1 Å². The monoisotopic (exact) mass is 425 g/mol. The molecule has 7 heteroatoms. The summed E-state index contributed by atoms with van der Waals surface area (Å²) in [5.74, 6) is 2.22. The van der Waals surface area contributed by atoms with E-state index in [0.717, 1.165) is 91.2 Å². The summed E-state index contributed by atoms with van der Waals surface area (Å²) in [7, 11) is 2.17. The first kappa shape index (κ1) is 19.8. The van der Waals surface area contributed by atoms with E-state index in [9.17, 15) is 0 Å².